The number of alkyl halides is 3. The summed E-state index contributed by atoms with van der Waals surface area (Å²) in [7, 11) is 0. The molecule has 0 radical (unpaired) electrons. The SMILES string of the molecule is CCCCC(=O)Nc1c(F)c(F)c(C(F)(F)F)c(F)c1F. The molecule has 0 fully saturated rings. The van der Waals surface area contributed by atoms with Crippen LogP contribution < -0.4 is 5.32 Å². The van der Waals surface area contributed by atoms with Gasteiger partial charge in [0.1, 0.15) is 11.3 Å². The number of unbranched alkanes of at least 4 members (excludes halogenated alkanes) is 1. The number of benzene rings is 1. The average molecular weight is 317 g/mol. The summed E-state index contributed by atoms with van der Waals surface area (Å²) in [6.07, 6.45) is -4.91. The van der Waals surface area contributed by atoms with Gasteiger partial charge in [-0.05, 0) is 6.42 Å². The lowest BCUT2D eigenvalue weighted by Crippen LogP contribution is -2.20. The maximum Gasteiger partial charge on any atom is 0.422 e. The molecule has 9 heteroatoms. The quantitative estimate of drug-likeness (QED) is 0.647. The highest BCUT2D eigenvalue weighted by Crippen LogP contribution is 2.38. The monoisotopic (exact) mass is 317 g/mol. The van der Waals surface area contributed by atoms with Gasteiger partial charge in [0, 0.05) is 6.42 Å². The van der Waals surface area contributed by atoms with Gasteiger partial charge in [-0.2, -0.15) is 13.2 Å². The van der Waals surface area contributed by atoms with Gasteiger partial charge in [-0.15, -0.1) is 0 Å². The number of carbonyl (C=O) groups is 1. The molecule has 1 aromatic rings. The molecule has 0 aromatic heterocycles. The van der Waals surface area contributed by atoms with Crippen molar-refractivity contribution in [2.24, 2.45) is 0 Å². The van der Waals surface area contributed by atoms with Crippen LogP contribution in [0.5, 0.6) is 0 Å². The Hall–Kier alpha value is -1.80. The molecule has 0 saturated carbocycles. The Bertz CT molecular complexity index is 525. The number of nitrogens with one attached hydrogen (secondary N) is 1. The van der Waals surface area contributed by atoms with Crippen LogP contribution in [-0.4, -0.2) is 5.91 Å². The highest BCUT2D eigenvalue weighted by molar-refractivity contribution is 5.91. The van der Waals surface area contributed by atoms with Crippen LogP contribution >= 0.6 is 0 Å². The third-order valence-electron chi connectivity index (χ3n) is 2.57. The van der Waals surface area contributed by atoms with Crippen molar-refractivity contribution < 1.29 is 35.5 Å². The number of anilines is 1. The van der Waals surface area contributed by atoms with Crippen LogP contribution in [0.2, 0.25) is 0 Å². The standard InChI is InChI=1S/C12H10F7NO/c1-2-3-4-5(21)20-11-9(15)7(13)6(12(17,18)19)8(14)10(11)16/h2-4H2,1H3,(H,20,21). The number of carbonyl (C=O) groups excluding carboxylic acids is 1. The molecule has 1 aromatic carbocycles. The van der Waals surface area contributed by atoms with Gasteiger partial charge in [0.2, 0.25) is 5.91 Å². The molecule has 0 saturated heterocycles. The van der Waals surface area contributed by atoms with Crippen molar-refractivity contribution >= 4 is 11.6 Å². The number of rotatable bonds is 4. The zero-order valence-corrected chi connectivity index (χ0v) is 10.7. The summed E-state index contributed by atoms with van der Waals surface area (Å²) < 4.78 is 90.3. The van der Waals surface area contributed by atoms with Crippen molar-refractivity contribution in [3.05, 3.63) is 28.8 Å². The van der Waals surface area contributed by atoms with E-state index in [1.54, 1.807) is 6.92 Å². The zero-order chi connectivity index (χ0) is 16.4. The summed E-state index contributed by atoms with van der Waals surface area (Å²) in [5.41, 5.74) is -4.25. The van der Waals surface area contributed by atoms with E-state index in [2.05, 4.69) is 0 Å². The molecule has 1 rings (SSSR count). The van der Waals surface area contributed by atoms with Crippen molar-refractivity contribution in [2.45, 2.75) is 32.4 Å². The van der Waals surface area contributed by atoms with Gasteiger partial charge in [0.25, 0.3) is 0 Å². The first-order valence-electron chi connectivity index (χ1n) is 5.84. The fourth-order valence-electron chi connectivity index (χ4n) is 1.53. The summed E-state index contributed by atoms with van der Waals surface area (Å²) in [5, 5.41) is 1.54. The predicted molar refractivity (Wildman–Crippen MR) is 59.4 cm³/mol. The van der Waals surface area contributed by atoms with Gasteiger partial charge in [-0.25, -0.2) is 17.6 Å². The van der Waals surface area contributed by atoms with Crippen LogP contribution in [0, 0.1) is 23.3 Å². The summed E-state index contributed by atoms with van der Waals surface area (Å²) in [4.78, 5) is 11.3. The van der Waals surface area contributed by atoms with Crippen molar-refractivity contribution in [3.63, 3.8) is 0 Å². The minimum atomic E-state index is -5.61. The number of amides is 1. The van der Waals surface area contributed by atoms with Crippen molar-refractivity contribution in [1.82, 2.24) is 0 Å². The maximum absolute atomic E-state index is 13.4. The summed E-state index contributed by atoms with van der Waals surface area (Å²) in [6, 6.07) is 0. The fraction of sp³-hybridized carbons (Fsp3) is 0.417. The van der Waals surface area contributed by atoms with Gasteiger partial charge >= 0.3 is 6.18 Å². The fourth-order valence-corrected chi connectivity index (χ4v) is 1.53. The van der Waals surface area contributed by atoms with E-state index < -0.39 is 46.6 Å². The minimum absolute atomic E-state index is 0.195. The number of hydrogen-bond acceptors (Lipinski definition) is 1. The summed E-state index contributed by atoms with van der Waals surface area (Å²) in [6.45, 7) is 1.71. The third kappa shape index (κ3) is 3.64. The van der Waals surface area contributed by atoms with Gasteiger partial charge in [-0.1, -0.05) is 13.3 Å². The first-order chi connectivity index (χ1) is 9.61. The Kier molecular flexibility index (Phi) is 5.19. The second-order valence-corrected chi connectivity index (χ2v) is 4.16. The first kappa shape index (κ1) is 17.3. The minimum Gasteiger partial charge on any atom is -0.321 e. The van der Waals surface area contributed by atoms with E-state index >= 15 is 0 Å². The molecular weight excluding hydrogens is 307 g/mol. The van der Waals surface area contributed by atoms with E-state index in [-0.39, 0.29) is 6.42 Å². The molecule has 0 atom stereocenters. The second-order valence-electron chi connectivity index (χ2n) is 4.16. The molecule has 21 heavy (non-hydrogen) atoms. The smallest absolute Gasteiger partial charge is 0.321 e. The van der Waals surface area contributed by atoms with Crippen LogP contribution in [-0.2, 0) is 11.0 Å². The van der Waals surface area contributed by atoms with Crippen LogP contribution in [0.1, 0.15) is 31.7 Å². The molecule has 0 aliphatic rings. The molecule has 0 spiro atoms. The topological polar surface area (TPSA) is 29.1 Å². The van der Waals surface area contributed by atoms with Gasteiger partial charge in [-0.3, -0.25) is 4.79 Å². The average Bonchev–Trinajstić information content (AvgIpc) is 2.37. The van der Waals surface area contributed by atoms with Crippen LogP contribution in [0.15, 0.2) is 0 Å². The first-order valence-corrected chi connectivity index (χ1v) is 5.84. The van der Waals surface area contributed by atoms with Gasteiger partial charge < -0.3 is 5.32 Å². The number of hydrogen-bond donors (Lipinski definition) is 1. The Morgan fingerprint density at radius 1 is 1.00 bits per heavy atom. The van der Waals surface area contributed by atoms with Gasteiger partial charge in [0.05, 0.1) is 0 Å². The van der Waals surface area contributed by atoms with Crippen molar-refractivity contribution in [1.29, 1.82) is 0 Å². The van der Waals surface area contributed by atoms with E-state index in [1.165, 1.54) is 5.32 Å². The predicted octanol–water partition coefficient (Wildman–Crippen LogP) is 4.39. The Morgan fingerprint density at radius 3 is 1.86 bits per heavy atom. The Balaban J connectivity index is 3.28. The van der Waals surface area contributed by atoms with Crippen LogP contribution in [0.25, 0.3) is 0 Å². The molecular formula is C12H10F7NO. The van der Waals surface area contributed by atoms with E-state index in [9.17, 15) is 35.5 Å². The summed E-state index contributed by atoms with van der Waals surface area (Å²) >= 11 is 0. The van der Waals surface area contributed by atoms with Gasteiger partial charge in [0.15, 0.2) is 23.3 Å². The molecule has 118 valence electrons. The lowest BCUT2D eigenvalue weighted by Gasteiger charge is -2.14. The van der Waals surface area contributed by atoms with Crippen LogP contribution in [0.3, 0.4) is 0 Å². The molecule has 2 nitrogen and oxygen atoms in total. The Labute approximate surface area is 114 Å². The molecule has 0 heterocycles. The zero-order valence-electron chi connectivity index (χ0n) is 10.7. The molecule has 0 aliphatic carbocycles. The van der Waals surface area contributed by atoms with E-state index in [0.29, 0.717) is 12.8 Å². The van der Waals surface area contributed by atoms with E-state index in [4.69, 9.17) is 0 Å². The normalized spacial score (nSPS) is 11.6. The maximum atomic E-state index is 13.4. The van der Waals surface area contributed by atoms with Crippen molar-refractivity contribution in [2.75, 3.05) is 5.32 Å². The van der Waals surface area contributed by atoms with E-state index in [0.717, 1.165) is 0 Å². The number of halogens is 7. The highest BCUT2D eigenvalue weighted by Gasteiger charge is 2.42. The van der Waals surface area contributed by atoms with Crippen LogP contribution in [0.4, 0.5) is 36.4 Å². The summed E-state index contributed by atoms with van der Waals surface area (Å²) in [5.74, 6) is -10.8. The lowest BCUT2D eigenvalue weighted by atomic mass is 10.1. The molecule has 1 N–H and O–H groups in total. The van der Waals surface area contributed by atoms with E-state index in [1.807, 2.05) is 0 Å². The molecule has 0 aliphatic heterocycles. The lowest BCUT2D eigenvalue weighted by molar-refractivity contribution is -0.143. The molecule has 0 unspecified atom stereocenters. The molecule has 0 bridgehead atoms. The largest absolute Gasteiger partial charge is 0.422 e. The second kappa shape index (κ2) is 6.31. The van der Waals surface area contributed by atoms with Crippen molar-refractivity contribution in [3.8, 4) is 0 Å². The molecule has 1 amide bonds. The highest BCUT2D eigenvalue weighted by atomic mass is 19.4. The third-order valence-corrected chi connectivity index (χ3v) is 2.57. The Morgan fingerprint density at radius 2 is 1.48 bits per heavy atom.